The number of carbonyl (C=O) groups excluding carboxylic acids is 4. The standard InChI is InChI=1S/C42H59N9O6/c1-2-56-30-8-22-46-36(52)11-6-12-37(53)47-27-26-45-25-24-44-21-7-13-38(54)50-28-19-31(20-29-50)35-18-23-48-42-39(41(43)55)40(49-51(35)42)32-14-16-34(17-15-32)57-33-9-4-3-5-10-33/h3-5,7,9-10,13-17,31,35,44-45,48H,2,6,8,11-12,18-30H2,1H3,(H2,43,55)(H,46,52)(H,47,53)/b13-7+/t35-/m0/s1. The molecule has 1 fully saturated rings. The van der Waals surface area contributed by atoms with E-state index in [-0.39, 0.29) is 23.8 Å². The maximum Gasteiger partial charge on any atom is 0.254 e. The van der Waals surface area contributed by atoms with E-state index in [0.29, 0.717) is 107 Å². The minimum absolute atomic E-state index is 0.00494. The van der Waals surface area contributed by atoms with E-state index < -0.39 is 5.91 Å². The van der Waals surface area contributed by atoms with Crippen molar-refractivity contribution in [2.75, 3.05) is 77.4 Å². The van der Waals surface area contributed by atoms with Gasteiger partial charge in [-0.2, -0.15) is 5.10 Å². The summed E-state index contributed by atoms with van der Waals surface area (Å²) in [5.41, 5.74) is 7.64. The van der Waals surface area contributed by atoms with Crippen LogP contribution in [0, 0.1) is 5.92 Å². The number of amides is 4. The van der Waals surface area contributed by atoms with Crippen LogP contribution in [0.5, 0.6) is 11.5 Å². The first-order chi connectivity index (χ1) is 27.8. The van der Waals surface area contributed by atoms with Crippen LogP contribution in [0.15, 0.2) is 66.7 Å². The molecule has 2 aromatic carbocycles. The van der Waals surface area contributed by atoms with Gasteiger partial charge in [0.05, 0.1) is 6.04 Å². The molecule has 7 N–H and O–H groups in total. The second-order valence-electron chi connectivity index (χ2n) is 14.2. The van der Waals surface area contributed by atoms with Crippen LogP contribution in [0.1, 0.15) is 68.3 Å². The number of piperidine rings is 1. The second-order valence-corrected chi connectivity index (χ2v) is 14.2. The lowest BCUT2D eigenvalue weighted by Crippen LogP contribution is -2.41. The fourth-order valence-corrected chi connectivity index (χ4v) is 7.16. The van der Waals surface area contributed by atoms with Crippen LogP contribution in [0.2, 0.25) is 0 Å². The highest BCUT2D eigenvalue weighted by atomic mass is 16.5. The predicted molar refractivity (Wildman–Crippen MR) is 220 cm³/mol. The molecule has 0 spiro atoms. The minimum atomic E-state index is -0.529. The van der Waals surface area contributed by atoms with Gasteiger partial charge in [0.2, 0.25) is 17.7 Å². The Morgan fingerprint density at radius 1 is 0.860 bits per heavy atom. The van der Waals surface area contributed by atoms with Crippen molar-refractivity contribution in [3.8, 4) is 22.8 Å². The molecule has 0 saturated carbocycles. The molecule has 5 rings (SSSR count). The van der Waals surface area contributed by atoms with Gasteiger partial charge in [-0.05, 0) is 81.3 Å². The lowest BCUT2D eigenvalue weighted by atomic mass is 9.87. The predicted octanol–water partition coefficient (Wildman–Crippen LogP) is 3.60. The molecule has 15 nitrogen and oxygen atoms in total. The van der Waals surface area contributed by atoms with Crippen molar-refractivity contribution in [1.29, 1.82) is 0 Å². The lowest BCUT2D eigenvalue weighted by molar-refractivity contribution is -0.127. The lowest BCUT2D eigenvalue weighted by Gasteiger charge is -2.38. The van der Waals surface area contributed by atoms with E-state index in [0.717, 1.165) is 50.1 Å². The van der Waals surface area contributed by atoms with Gasteiger partial charge in [0.15, 0.2) is 0 Å². The van der Waals surface area contributed by atoms with Crippen molar-refractivity contribution in [2.24, 2.45) is 11.7 Å². The summed E-state index contributed by atoms with van der Waals surface area (Å²) in [6.07, 6.45) is 8.00. The van der Waals surface area contributed by atoms with E-state index in [1.54, 1.807) is 6.08 Å². The summed E-state index contributed by atoms with van der Waals surface area (Å²) in [4.78, 5) is 51.5. The largest absolute Gasteiger partial charge is 0.457 e. The maximum absolute atomic E-state index is 13.0. The van der Waals surface area contributed by atoms with Crippen molar-refractivity contribution in [1.82, 2.24) is 35.9 Å². The highest BCUT2D eigenvalue weighted by Crippen LogP contribution is 2.40. The number of hydrogen-bond acceptors (Lipinski definition) is 10. The first-order valence-electron chi connectivity index (χ1n) is 20.3. The van der Waals surface area contributed by atoms with E-state index in [4.69, 9.17) is 20.3 Å². The van der Waals surface area contributed by atoms with Crippen LogP contribution in [-0.2, 0) is 19.1 Å². The smallest absolute Gasteiger partial charge is 0.254 e. The molecule has 15 heteroatoms. The van der Waals surface area contributed by atoms with Crippen molar-refractivity contribution in [3.63, 3.8) is 0 Å². The number of hydrogen-bond donors (Lipinski definition) is 6. The SMILES string of the molecule is CCOCCCNC(=O)CCCC(=O)NCCNCCNC/C=C/C(=O)N1CCC([C@@H]2CCNc3c(C(N)=O)c(-c4ccc(Oc5ccccc5)cc4)nn32)CC1. The molecular weight excluding hydrogens is 727 g/mol. The van der Waals surface area contributed by atoms with Crippen LogP contribution in [-0.4, -0.2) is 110 Å². The van der Waals surface area contributed by atoms with Gasteiger partial charge < -0.3 is 46.7 Å². The molecule has 57 heavy (non-hydrogen) atoms. The zero-order valence-electron chi connectivity index (χ0n) is 33.1. The molecular formula is C42H59N9O6. The third-order valence-corrected chi connectivity index (χ3v) is 10.1. The molecule has 1 saturated heterocycles. The summed E-state index contributed by atoms with van der Waals surface area (Å²) in [6, 6.07) is 17.1. The van der Waals surface area contributed by atoms with Gasteiger partial charge in [-0.15, -0.1) is 0 Å². The van der Waals surface area contributed by atoms with E-state index in [1.165, 1.54) is 0 Å². The monoisotopic (exact) mass is 785 g/mol. The van der Waals surface area contributed by atoms with Crippen molar-refractivity contribution in [2.45, 2.75) is 57.9 Å². The summed E-state index contributed by atoms with van der Waals surface area (Å²) >= 11 is 0. The van der Waals surface area contributed by atoms with Gasteiger partial charge in [0.25, 0.3) is 5.91 Å². The molecule has 3 aromatic rings. The summed E-state index contributed by atoms with van der Waals surface area (Å²) in [5.74, 6) is 1.76. The number of nitrogens with zero attached hydrogens (tertiary/aromatic N) is 3. The number of likely N-dealkylation sites (tertiary alicyclic amines) is 1. The Kier molecular flexibility index (Phi) is 17.4. The van der Waals surface area contributed by atoms with Crippen molar-refractivity contribution < 1.29 is 28.7 Å². The maximum atomic E-state index is 13.0. The molecule has 1 aromatic heterocycles. The fourth-order valence-electron chi connectivity index (χ4n) is 7.16. The molecule has 0 bridgehead atoms. The van der Waals surface area contributed by atoms with E-state index in [2.05, 4.69) is 26.6 Å². The number of rotatable bonds is 23. The van der Waals surface area contributed by atoms with E-state index in [9.17, 15) is 19.2 Å². The Labute approximate surface area is 335 Å². The van der Waals surface area contributed by atoms with Crippen molar-refractivity contribution >= 4 is 29.4 Å². The first kappa shape index (κ1) is 42.9. The average molecular weight is 786 g/mol. The molecule has 0 unspecified atom stereocenters. The van der Waals surface area contributed by atoms with Gasteiger partial charge >= 0.3 is 0 Å². The van der Waals surface area contributed by atoms with Gasteiger partial charge in [0, 0.05) is 96.6 Å². The fraction of sp³-hybridized carbons (Fsp3) is 0.500. The highest BCUT2D eigenvalue weighted by molar-refractivity contribution is 6.04. The molecule has 4 amide bonds. The normalized spacial score (nSPS) is 15.5. The average Bonchev–Trinajstić information content (AvgIpc) is 3.62. The molecule has 3 heterocycles. The van der Waals surface area contributed by atoms with E-state index in [1.807, 2.05) is 77.2 Å². The van der Waals surface area contributed by atoms with Crippen molar-refractivity contribution in [3.05, 3.63) is 72.3 Å². The molecule has 308 valence electrons. The summed E-state index contributed by atoms with van der Waals surface area (Å²) in [5, 5.41) is 20.6. The zero-order chi connectivity index (χ0) is 40.2. The Hall–Kier alpha value is -5.25. The van der Waals surface area contributed by atoms with Crippen LogP contribution in [0.25, 0.3) is 11.3 Å². The number of nitrogens with two attached hydrogens (primary N) is 1. The molecule has 0 aliphatic carbocycles. The number of para-hydroxylation sites is 1. The molecule has 2 aliphatic heterocycles. The van der Waals surface area contributed by atoms with E-state index >= 15 is 0 Å². The Balaban J connectivity index is 0.962. The van der Waals surface area contributed by atoms with Gasteiger partial charge in [0.1, 0.15) is 28.6 Å². The van der Waals surface area contributed by atoms with Crippen LogP contribution < -0.4 is 37.1 Å². The number of fused-ring (bicyclic) bond motifs is 1. The molecule has 2 aliphatic rings. The summed E-state index contributed by atoms with van der Waals surface area (Å²) in [7, 11) is 0. The number of aromatic nitrogens is 2. The summed E-state index contributed by atoms with van der Waals surface area (Å²) < 4.78 is 13.1. The summed E-state index contributed by atoms with van der Waals surface area (Å²) in [6.45, 7) is 9.03. The first-order valence-corrected chi connectivity index (χ1v) is 20.3. The zero-order valence-corrected chi connectivity index (χ0v) is 33.1. The van der Waals surface area contributed by atoms with Gasteiger partial charge in [-0.1, -0.05) is 24.3 Å². The number of primary amides is 1. The Morgan fingerprint density at radius 3 is 2.26 bits per heavy atom. The molecule has 1 atom stereocenters. The highest BCUT2D eigenvalue weighted by Gasteiger charge is 2.35. The third-order valence-electron chi connectivity index (χ3n) is 10.1. The number of anilines is 1. The second kappa shape index (κ2) is 23.1. The van der Waals surface area contributed by atoms with Gasteiger partial charge in [-0.3, -0.25) is 19.2 Å². The van der Waals surface area contributed by atoms with Gasteiger partial charge in [-0.25, -0.2) is 4.68 Å². The quantitative estimate of drug-likeness (QED) is 0.0612. The van der Waals surface area contributed by atoms with Crippen LogP contribution in [0.3, 0.4) is 0 Å². The number of ether oxygens (including phenoxy) is 2. The van der Waals surface area contributed by atoms with Crippen LogP contribution in [0.4, 0.5) is 5.82 Å². The molecule has 0 radical (unpaired) electrons. The minimum Gasteiger partial charge on any atom is -0.457 e. The third kappa shape index (κ3) is 13.4. The number of nitrogens with one attached hydrogen (secondary N) is 5. The number of benzene rings is 2. The topological polar surface area (TPSA) is 194 Å². The Morgan fingerprint density at radius 2 is 1.54 bits per heavy atom. The van der Waals surface area contributed by atoms with Crippen LogP contribution >= 0.6 is 0 Å². The number of carbonyl (C=O) groups is 4. The Bertz CT molecular complexity index is 1760.